The first kappa shape index (κ1) is 20.7. The summed E-state index contributed by atoms with van der Waals surface area (Å²) in [6, 6.07) is 4.27. The number of benzene rings is 1. The molecule has 1 unspecified atom stereocenters. The molecule has 1 atom stereocenters. The Morgan fingerprint density at radius 1 is 1.28 bits per heavy atom. The van der Waals surface area contributed by atoms with E-state index in [0.29, 0.717) is 12.1 Å². The number of nitriles is 2. The monoisotopic (exact) mass is 392 g/mol. The predicted molar refractivity (Wildman–Crippen MR) is 81.2 cm³/mol. The van der Waals surface area contributed by atoms with Gasteiger partial charge >= 0.3 is 12.1 Å². The highest BCUT2D eigenvalue weighted by molar-refractivity contribution is 6.38. The number of hydrogen-bond acceptors (Lipinski definition) is 6. The lowest BCUT2D eigenvalue weighted by Crippen LogP contribution is -2.36. The Labute approximate surface area is 150 Å². The van der Waals surface area contributed by atoms with Gasteiger partial charge in [0.15, 0.2) is 0 Å². The Kier molecular flexibility index (Phi) is 6.74. The Morgan fingerprint density at radius 2 is 1.84 bits per heavy atom. The largest absolute Gasteiger partial charge is 0.463 e. The minimum Gasteiger partial charge on any atom is -0.463 e. The van der Waals surface area contributed by atoms with Gasteiger partial charge in [-0.1, -0.05) is 23.2 Å². The van der Waals surface area contributed by atoms with Gasteiger partial charge in [0.25, 0.3) is 5.54 Å². The van der Waals surface area contributed by atoms with Crippen LogP contribution in [0.5, 0.6) is 0 Å². The normalized spacial score (nSPS) is 13.8. The van der Waals surface area contributed by atoms with Gasteiger partial charge in [-0.3, -0.25) is 0 Å². The van der Waals surface area contributed by atoms with Gasteiger partial charge in [0, 0.05) is 0 Å². The summed E-state index contributed by atoms with van der Waals surface area (Å²) in [5.74, 6) is -1.12. The molecule has 1 rings (SSSR count). The van der Waals surface area contributed by atoms with Crippen LogP contribution in [0, 0.1) is 22.7 Å². The summed E-state index contributed by atoms with van der Waals surface area (Å²) in [6.45, 7) is 1.40. The predicted octanol–water partition coefficient (Wildman–Crippen LogP) is 4.84. The van der Waals surface area contributed by atoms with Crippen molar-refractivity contribution >= 4 is 34.9 Å². The lowest BCUT2D eigenvalue weighted by Gasteiger charge is -2.15. The van der Waals surface area contributed by atoms with E-state index in [4.69, 9.17) is 28.5 Å². The van der Waals surface area contributed by atoms with Gasteiger partial charge in [-0.2, -0.15) is 33.9 Å². The number of halogens is 5. The van der Waals surface area contributed by atoms with Gasteiger partial charge in [0.1, 0.15) is 11.8 Å². The molecular weight excluding hydrogens is 384 g/mol. The van der Waals surface area contributed by atoms with Crippen molar-refractivity contribution in [3.63, 3.8) is 0 Å². The molecule has 0 fully saturated rings. The van der Waals surface area contributed by atoms with E-state index in [0.717, 1.165) is 0 Å². The minimum absolute atomic E-state index is 0.0784. The second kappa shape index (κ2) is 8.15. The number of esters is 1. The van der Waals surface area contributed by atoms with Crippen LogP contribution in [0.3, 0.4) is 0 Å². The van der Waals surface area contributed by atoms with Gasteiger partial charge in [0.05, 0.1) is 34.7 Å². The number of hydrogen-bond donors (Lipinski definition) is 0. The van der Waals surface area contributed by atoms with Gasteiger partial charge in [-0.05, 0) is 19.1 Å². The molecular formula is C14H9Cl2F3N4O2. The van der Waals surface area contributed by atoms with E-state index >= 15 is 0 Å². The van der Waals surface area contributed by atoms with Crippen molar-refractivity contribution in [3.05, 3.63) is 27.7 Å². The van der Waals surface area contributed by atoms with Crippen LogP contribution in [0.2, 0.25) is 10.0 Å². The molecule has 0 N–H and O–H groups in total. The molecule has 0 saturated heterocycles. The SMILES string of the molecule is CCOC(=O)C(C#N)(CC#N)N=Nc1c(Cl)cc(C(F)(F)F)cc1Cl. The second-order valence-corrected chi connectivity index (χ2v) is 5.33. The number of alkyl halides is 3. The average Bonchev–Trinajstić information content (AvgIpc) is 2.52. The molecule has 0 aliphatic rings. The molecule has 0 radical (unpaired) electrons. The minimum atomic E-state index is -4.68. The number of nitrogens with zero attached hydrogens (tertiary/aromatic N) is 4. The smallest absolute Gasteiger partial charge is 0.416 e. The first-order valence-electron chi connectivity index (χ1n) is 6.56. The molecule has 11 heteroatoms. The number of carbonyl (C=O) groups is 1. The summed E-state index contributed by atoms with van der Waals surface area (Å²) in [5.41, 5.74) is -3.76. The van der Waals surface area contributed by atoms with Crippen LogP contribution in [0.1, 0.15) is 18.9 Å². The lowest BCUT2D eigenvalue weighted by molar-refractivity contribution is -0.147. The first-order chi connectivity index (χ1) is 11.6. The van der Waals surface area contributed by atoms with Crippen LogP contribution in [0.4, 0.5) is 18.9 Å². The fourth-order valence-corrected chi connectivity index (χ4v) is 2.14. The Morgan fingerprint density at radius 3 is 2.24 bits per heavy atom. The van der Waals surface area contributed by atoms with E-state index in [1.165, 1.54) is 13.0 Å². The highest BCUT2D eigenvalue weighted by Gasteiger charge is 2.41. The summed E-state index contributed by atoms with van der Waals surface area (Å²) in [5, 5.41) is 24.0. The molecule has 25 heavy (non-hydrogen) atoms. The van der Waals surface area contributed by atoms with Gasteiger partial charge in [0.2, 0.25) is 0 Å². The van der Waals surface area contributed by atoms with Crippen LogP contribution < -0.4 is 0 Å². The van der Waals surface area contributed by atoms with Crippen molar-refractivity contribution in [3.8, 4) is 12.1 Å². The van der Waals surface area contributed by atoms with E-state index in [1.807, 2.05) is 0 Å². The van der Waals surface area contributed by atoms with Crippen molar-refractivity contribution in [2.24, 2.45) is 10.2 Å². The maximum atomic E-state index is 12.7. The molecule has 0 aromatic heterocycles. The third-order valence-electron chi connectivity index (χ3n) is 2.80. The van der Waals surface area contributed by atoms with Gasteiger partial charge < -0.3 is 4.74 Å². The standard InChI is InChI=1S/C14H9Cl2F3N4O2/c1-2-25-12(24)13(7-21,3-4-20)23-22-11-9(15)5-8(6-10(11)16)14(17,18)19/h5-6H,2-3H2,1H3. The zero-order chi connectivity index (χ0) is 19.3. The van der Waals surface area contributed by atoms with E-state index in [2.05, 4.69) is 15.0 Å². The maximum Gasteiger partial charge on any atom is 0.416 e. The van der Waals surface area contributed by atoms with Crippen LogP contribution in [0.15, 0.2) is 22.4 Å². The molecule has 0 aliphatic carbocycles. The van der Waals surface area contributed by atoms with Crippen molar-refractivity contribution in [1.82, 2.24) is 0 Å². The van der Waals surface area contributed by atoms with Crippen LogP contribution in [-0.4, -0.2) is 18.1 Å². The summed E-state index contributed by atoms with van der Waals surface area (Å²) < 4.78 is 42.7. The Hall–Kier alpha value is -2.36. The summed E-state index contributed by atoms with van der Waals surface area (Å²) in [4.78, 5) is 11.9. The van der Waals surface area contributed by atoms with E-state index in [9.17, 15) is 23.2 Å². The lowest BCUT2D eigenvalue weighted by atomic mass is 10.00. The van der Waals surface area contributed by atoms with Crippen molar-refractivity contribution in [2.45, 2.75) is 25.1 Å². The Bertz CT molecular complexity index is 761. The third kappa shape index (κ3) is 4.81. The molecule has 0 heterocycles. The van der Waals surface area contributed by atoms with Gasteiger partial charge in [-0.15, -0.1) is 0 Å². The highest BCUT2D eigenvalue weighted by atomic mass is 35.5. The van der Waals surface area contributed by atoms with Crippen molar-refractivity contribution < 1.29 is 22.7 Å². The van der Waals surface area contributed by atoms with E-state index in [1.54, 1.807) is 6.07 Å². The molecule has 132 valence electrons. The molecule has 0 bridgehead atoms. The molecule has 1 aromatic carbocycles. The van der Waals surface area contributed by atoms with Crippen LogP contribution >= 0.6 is 23.2 Å². The third-order valence-corrected chi connectivity index (χ3v) is 3.37. The Balaban J connectivity index is 3.37. The zero-order valence-corrected chi connectivity index (χ0v) is 14.1. The van der Waals surface area contributed by atoms with E-state index < -0.39 is 39.7 Å². The fourth-order valence-electron chi connectivity index (χ4n) is 1.58. The summed E-state index contributed by atoms with van der Waals surface area (Å²) in [7, 11) is 0. The second-order valence-electron chi connectivity index (χ2n) is 4.51. The molecule has 0 saturated carbocycles. The summed E-state index contributed by atoms with van der Waals surface area (Å²) >= 11 is 11.5. The molecule has 0 spiro atoms. The van der Waals surface area contributed by atoms with Crippen molar-refractivity contribution in [1.29, 1.82) is 10.5 Å². The molecule has 6 nitrogen and oxygen atoms in total. The highest BCUT2D eigenvalue weighted by Crippen LogP contribution is 2.40. The number of azo groups is 1. The number of carbonyl (C=O) groups excluding carboxylic acids is 1. The van der Waals surface area contributed by atoms with Crippen molar-refractivity contribution in [2.75, 3.05) is 6.61 Å². The quantitative estimate of drug-likeness (QED) is 0.528. The summed E-state index contributed by atoms with van der Waals surface area (Å²) in [6.07, 6.45) is -5.35. The topological polar surface area (TPSA) is 98.6 Å². The maximum absolute atomic E-state index is 12.7. The number of rotatable bonds is 5. The zero-order valence-electron chi connectivity index (χ0n) is 12.6. The van der Waals surface area contributed by atoms with Crippen LogP contribution in [0.25, 0.3) is 0 Å². The molecule has 1 aromatic rings. The van der Waals surface area contributed by atoms with Gasteiger partial charge in [-0.25, -0.2) is 4.79 Å². The fraction of sp³-hybridized carbons (Fsp3) is 0.357. The molecule has 0 aliphatic heterocycles. The molecule has 0 amide bonds. The number of ether oxygens (including phenoxy) is 1. The van der Waals surface area contributed by atoms with E-state index in [-0.39, 0.29) is 12.3 Å². The van der Waals surface area contributed by atoms with Crippen LogP contribution in [-0.2, 0) is 15.7 Å². The average molecular weight is 393 g/mol. The first-order valence-corrected chi connectivity index (χ1v) is 7.31.